The summed E-state index contributed by atoms with van der Waals surface area (Å²) in [5, 5.41) is 7.01. The molecule has 0 saturated carbocycles. The van der Waals surface area contributed by atoms with Gasteiger partial charge in [-0.2, -0.15) is 0 Å². The van der Waals surface area contributed by atoms with Crippen molar-refractivity contribution >= 4 is 32.8 Å². The van der Waals surface area contributed by atoms with Gasteiger partial charge in [-0.1, -0.05) is 6.07 Å². The van der Waals surface area contributed by atoms with Gasteiger partial charge in [0.2, 0.25) is 5.91 Å². The number of halogens is 2. The van der Waals surface area contributed by atoms with Crippen LogP contribution in [-0.2, 0) is 17.8 Å². The number of amides is 1. The quantitative estimate of drug-likeness (QED) is 0.414. The molecule has 1 aromatic heterocycles. The van der Waals surface area contributed by atoms with E-state index in [1.165, 1.54) is 17.7 Å². The van der Waals surface area contributed by atoms with Gasteiger partial charge in [0.05, 0.1) is 10.9 Å². The number of likely N-dealkylation sites (tertiary alicyclic amines) is 1. The monoisotopic (exact) mass is 571 g/mol. The maximum atomic E-state index is 13.4. The highest BCUT2D eigenvalue weighted by Crippen LogP contribution is 2.29. The lowest BCUT2D eigenvalue weighted by molar-refractivity contribution is -0.121. The van der Waals surface area contributed by atoms with Gasteiger partial charge in [-0.15, -0.1) is 0 Å². The van der Waals surface area contributed by atoms with E-state index in [4.69, 9.17) is 9.15 Å². The predicted molar refractivity (Wildman–Crippen MR) is 143 cm³/mol. The van der Waals surface area contributed by atoms with E-state index in [0.29, 0.717) is 5.39 Å². The van der Waals surface area contributed by atoms with Crippen LogP contribution in [0.15, 0.2) is 56.1 Å². The lowest BCUT2D eigenvalue weighted by Crippen LogP contribution is -2.45. The number of hydrogen-bond donors (Lipinski definition) is 2. The molecule has 37 heavy (non-hydrogen) atoms. The minimum atomic E-state index is -0.610. The van der Waals surface area contributed by atoms with Crippen LogP contribution in [0.1, 0.15) is 36.8 Å². The average Bonchev–Trinajstić information content (AvgIpc) is 2.88. The predicted octanol–water partition coefficient (Wildman–Crippen LogP) is 4.15. The van der Waals surface area contributed by atoms with Crippen molar-refractivity contribution in [2.24, 2.45) is 0 Å². The van der Waals surface area contributed by atoms with Gasteiger partial charge in [-0.25, -0.2) is 9.18 Å². The first-order valence-corrected chi connectivity index (χ1v) is 13.6. The van der Waals surface area contributed by atoms with Crippen molar-refractivity contribution in [1.29, 1.82) is 0 Å². The zero-order valence-electron chi connectivity index (χ0n) is 20.6. The summed E-state index contributed by atoms with van der Waals surface area (Å²) >= 11 is 3.67. The third-order valence-corrected chi connectivity index (χ3v) is 7.68. The summed E-state index contributed by atoms with van der Waals surface area (Å²) in [6.45, 7) is 4.58. The molecule has 3 aromatic rings. The zero-order valence-corrected chi connectivity index (χ0v) is 22.2. The molecule has 2 aromatic carbocycles. The van der Waals surface area contributed by atoms with Gasteiger partial charge < -0.3 is 19.8 Å². The fraction of sp³-hybridized carbons (Fsp3) is 0.429. The lowest BCUT2D eigenvalue weighted by Gasteiger charge is -2.32. The van der Waals surface area contributed by atoms with E-state index >= 15 is 0 Å². The minimum Gasteiger partial charge on any atom is -0.489 e. The molecule has 196 valence electrons. The van der Waals surface area contributed by atoms with Gasteiger partial charge in [0.15, 0.2) is 0 Å². The van der Waals surface area contributed by atoms with Gasteiger partial charge in [-0.3, -0.25) is 9.69 Å². The number of nitrogens with zero attached hydrogens (tertiary/aromatic N) is 1. The first-order chi connectivity index (χ1) is 17.9. The molecule has 3 heterocycles. The third-order valence-electron chi connectivity index (χ3n) is 7.06. The van der Waals surface area contributed by atoms with Crippen molar-refractivity contribution in [3.05, 3.63) is 74.3 Å². The van der Waals surface area contributed by atoms with Gasteiger partial charge >= 0.3 is 5.63 Å². The summed E-state index contributed by atoms with van der Waals surface area (Å²) in [5.74, 6) is 0.212. The van der Waals surface area contributed by atoms with Gasteiger partial charge in [0.25, 0.3) is 0 Å². The zero-order chi connectivity index (χ0) is 25.8. The second kappa shape index (κ2) is 11.8. The van der Waals surface area contributed by atoms with Crippen LogP contribution < -0.4 is 21.0 Å². The summed E-state index contributed by atoms with van der Waals surface area (Å²) in [4.78, 5) is 27.2. The average molecular weight is 572 g/mol. The van der Waals surface area contributed by atoms with Crippen LogP contribution in [0.2, 0.25) is 0 Å². The molecular weight excluding hydrogens is 541 g/mol. The number of nitrogens with one attached hydrogen (secondary N) is 2. The van der Waals surface area contributed by atoms with Crippen LogP contribution in [0.5, 0.6) is 5.75 Å². The first-order valence-electron chi connectivity index (χ1n) is 12.8. The fourth-order valence-electron chi connectivity index (χ4n) is 5.03. The Kier molecular flexibility index (Phi) is 8.22. The summed E-state index contributed by atoms with van der Waals surface area (Å²) in [6.07, 6.45) is 3.94. The van der Waals surface area contributed by atoms with E-state index in [0.717, 1.165) is 68.6 Å². The highest BCUT2D eigenvalue weighted by molar-refractivity contribution is 9.10. The molecule has 0 bridgehead atoms. The Labute approximate surface area is 223 Å². The lowest BCUT2D eigenvalue weighted by atomic mass is 10.0. The molecular formula is C28H31BrFN3O4. The Hall–Kier alpha value is -2.75. The van der Waals surface area contributed by atoms with Gasteiger partial charge in [0, 0.05) is 42.7 Å². The highest BCUT2D eigenvalue weighted by Gasteiger charge is 2.22. The van der Waals surface area contributed by atoms with E-state index in [9.17, 15) is 14.0 Å². The molecule has 0 unspecified atom stereocenters. The van der Waals surface area contributed by atoms with Crippen molar-refractivity contribution < 1.29 is 18.3 Å². The summed E-state index contributed by atoms with van der Waals surface area (Å²) in [7, 11) is 0. The molecule has 7 nitrogen and oxygen atoms in total. The van der Waals surface area contributed by atoms with Crippen molar-refractivity contribution in [3.63, 3.8) is 0 Å². The number of rotatable bonds is 7. The summed E-state index contributed by atoms with van der Waals surface area (Å²) in [5.41, 5.74) is 1.06. The van der Waals surface area contributed by atoms with E-state index < -0.39 is 11.4 Å². The van der Waals surface area contributed by atoms with Crippen LogP contribution in [0, 0.1) is 5.82 Å². The molecule has 0 atom stereocenters. The van der Waals surface area contributed by atoms with Crippen molar-refractivity contribution in [2.45, 2.75) is 50.8 Å². The first kappa shape index (κ1) is 25.9. The smallest absolute Gasteiger partial charge is 0.339 e. The van der Waals surface area contributed by atoms with Crippen LogP contribution in [0.25, 0.3) is 11.0 Å². The van der Waals surface area contributed by atoms with E-state index in [2.05, 4.69) is 43.6 Å². The third kappa shape index (κ3) is 6.77. The number of hydrogen-bond acceptors (Lipinski definition) is 6. The second-order valence-corrected chi connectivity index (χ2v) is 10.7. The van der Waals surface area contributed by atoms with E-state index in [1.807, 2.05) is 6.07 Å². The van der Waals surface area contributed by atoms with Crippen LogP contribution >= 0.6 is 15.9 Å². The molecule has 2 aliphatic heterocycles. The number of carbonyl (C=O) groups is 1. The molecule has 9 heteroatoms. The summed E-state index contributed by atoms with van der Waals surface area (Å²) < 4.78 is 25.7. The van der Waals surface area contributed by atoms with E-state index in [1.54, 1.807) is 12.1 Å². The van der Waals surface area contributed by atoms with Crippen LogP contribution in [-0.4, -0.2) is 49.1 Å². The number of benzene rings is 2. The maximum absolute atomic E-state index is 13.4. The second-order valence-electron chi connectivity index (χ2n) is 9.87. The number of fused-ring (bicyclic) bond motifs is 1. The normalized spacial score (nSPS) is 17.7. The number of piperidine rings is 2. The molecule has 2 aliphatic rings. The van der Waals surface area contributed by atoms with Crippen LogP contribution in [0.4, 0.5) is 4.39 Å². The Morgan fingerprint density at radius 1 is 1.11 bits per heavy atom. The molecule has 2 N–H and O–H groups in total. The van der Waals surface area contributed by atoms with Crippen molar-refractivity contribution in [2.75, 3.05) is 26.2 Å². The maximum Gasteiger partial charge on any atom is 0.339 e. The topological polar surface area (TPSA) is 83.8 Å². The molecule has 0 radical (unpaired) electrons. The molecule has 0 aliphatic carbocycles. The molecule has 2 saturated heterocycles. The SMILES string of the molecule is O=C(Cc1cc2ccc(F)cc2oc1=O)NC1CCN(Cc2ccc(OC3CCNCC3)c(Br)c2)CC1. The highest BCUT2D eigenvalue weighted by atomic mass is 79.9. The summed E-state index contributed by atoms with van der Waals surface area (Å²) in [6, 6.07) is 12.0. The Morgan fingerprint density at radius 2 is 1.89 bits per heavy atom. The van der Waals surface area contributed by atoms with Crippen molar-refractivity contribution in [1.82, 2.24) is 15.5 Å². The van der Waals surface area contributed by atoms with Crippen LogP contribution in [0.3, 0.4) is 0 Å². The Morgan fingerprint density at radius 3 is 2.65 bits per heavy atom. The van der Waals surface area contributed by atoms with Crippen molar-refractivity contribution in [3.8, 4) is 5.75 Å². The Balaban J connectivity index is 1.09. The largest absolute Gasteiger partial charge is 0.489 e. The molecule has 1 amide bonds. The van der Waals surface area contributed by atoms with Gasteiger partial charge in [-0.05, 0) is 90.6 Å². The molecule has 5 rings (SSSR count). The van der Waals surface area contributed by atoms with Gasteiger partial charge in [0.1, 0.15) is 23.3 Å². The standard InChI is InChI=1S/C28H31BrFN3O4/c29-24-13-18(1-4-25(24)36-23-5-9-31-10-6-23)17-33-11-7-22(8-12-33)32-27(34)15-20-14-19-2-3-21(30)16-26(19)37-28(20)35/h1-4,13-14,16,22-23,31H,5-12,15,17H2,(H,32,34). The Bertz CT molecular complexity index is 1320. The minimum absolute atomic E-state index is 0.0598. The van der Waals surface area contributed by atoms with E-state index in [-0.39, 0.29) is 35.6 Å². The molecule has 2 fully saturated rings. The number of carbonyl (C=O) groups excluding carboxylic acids is 1. The number of ether oxygens (including phenoxy) is 1. The molecule has 0 spiro atoms. The fourth-order valence-corrected chi connectivity index (χ4v) is 5.55.